The first kappa shape index (κ1) is 121. The Morgan fingerprint density at radius 3 is 0.422 bits per heavy atom. The maximum absolute atomic E-state index is 14.3. The van der Waals surface area contributed by atoms with Crippen molar-refractivity contribution in [3.8, 4) is 0 Å². The molecule has 7 aliphatic rings. The second-order valence-corrected chi connectivity index (χ2v) is 33.2. The Bertz CT molecular complexity index is 4720. The van der Waals surface area contributed by atoms with Crippen LogP contribution in [0, 0.1) is 0 Å². The van der Waals surface area contributed by atoms with Crippen molar-refractivity contribution in [3.05, 3.63) is 0 Å². The molecule has 7 aliphatic heterocycles. The Kier molecular flexibility index (Phi) is 46.1. The van der Waals surface area contributed by atoms with Crippen molar-refractivity contribution in [2.24, 2.45) is 0 Å². The van der Waals surface area contributed by atoms with E-state index in [0.717, 1.165) is 159 Å². The molecule has 35 atom stereocenters. The molecule has 0 aromatic heterocycles. The highest BCUT2D eigenvalue weighted by atomic mass is 16.8. The number of hydrogen-bond acceptors (Lipinski definition) is 59. The Morgan fingerprint density at radius 1 is 0.129 bits per heavy atom. The first-order valence-electron chi connectivity index (χ1n) is 45.0. The van der Waals surface area contributed by atoms with Crippen LogP contribution in [0.4, 0.5) is 0 Å². The molecule has 7 rings (SSSR count). The van der Waals surface area contributed by atoms with Crippen LogP contribution in [0.25, 0.3) is 0 Å². The molecule has 7 saturated heterocycles. The zero-order valence-corrected chi connectivity index (χ0v) is 83.7. The van der Waals surface area contributed by atoms with Gasteiger partial charge in [-0.05, 0) is 0 Å². The second kappa shape index (κ2) is 55.9. The van der Waals surface area contributed by atoms with Gasteiger partial charge in [-0.25, -0.2) is 0 Å². The zero-order chi connectivity index (χ0) is 110. The van der Waals surface area contributed by atoms with Crippen molar-refractivity contribution >= 4 is 137 Å². The maximum Gasteiger partial charge on any atom is 0.305 e. The molecule has 7 heterocycles. The van der Waals surface area contributed by atoms with Gasteiger partial charge < -0.3 is 171 Å². The lowest BCUT2D eigenvalue weighted by Gasteiger charge is -2.51. The van der Waals surface area contributed by atoms with Gasteiger partial charge in [0.2, 0.25) is 12.4 Å². The Labute approximate surface area is 835 Å². The number of ether oxygens (including phenoxy) is 36. The molecule has 15 unspecified atom stereocenters. The Balaban J connectivity index is 1.52. The van der Waals surface area contributed by atoms with Crippen LogP contribution in [-0.2, 0) is 281 Å². The predicted octanol–water partition coefficient (Wildman–Crippen LogP) is -3.15. The van der Waals surface area contributed by atoms with Gasteiger partial charge in [0.1, 0.15) is 113 Å². The summed E-state index contributed by atoms with van der Waals surface area (Å²) in [7, 11) is 0. The fourth-order valence-electron chi connectivity index (χ4n) is 16.2. The zero-order valence-electron chi connectivity index (χ0n) is 83.7. The first-order chi connectivity index (χ1) is 68.8. The third kappa shape index (κ3) is 36.7. The molecule has 0 spiro atoms. The molecule has 0 N–H and O–H groups in total. The van der Waals surface area contributed by atoms with E-state index in [1.807, 2.05) is 0 Å². The molecule has 0 radical (unpaired) electrons. The summed E-state index contributed by atoms with van der Waals surface area (Å²) in [5, 5.41) is 0. The topological polar surface area (TPSA) is 725 Å². The Hall–Kier alpha value is -12.7. The van der Waals surface area contributed by atoms with E-state index in [4.69, 9.17) is 171 Å². The summed E-state index contributed by atoms with van der Waals surface area (Å²) in [5.41, 5.74) is 0. The molecule has 0 amide bonds. The molecule has 0 aromatic carbocycles. The molecule has 59 nitrogen and oxygen atoms in total. The highest BCUT2D eigenvalue weighted by Crippen LogP contribution is 2.44. The van der Waals surface area contributed by atoms with Crippen LogP contribution < -0.4 is 0 Å². The van der Waals surface area contributed by atoms with Gasteiger partial charge in [0, 0.05) is 159 Å². The number of carbonyl (C=O) groups is 23. The van der Waals surface area contributed by atoms with Crippen LogP contribution in [-0.4, -0.2) is 398 Å². The highest BCUT2D eigenvalue weighted by Gasteiger charge is 2.66. The lowest BCUT2D eigenvalue weighted by molar-refractivity contribution is -0.394. The molecule has 0 bridgehead atoms. The lowest BCUT2D eigenvalue weighted by Crippen LogP contribution is -2.70. The van der Waals surface area contributed by atoms with Gasteiger partial charge in [-0.2, -0.15) is 0 Å². The Morgan fingerprint density at radius 2 is 0.252 bits per heavy atom. The smallest absolute Gasteiger partial charge is 0.305 e. The summed E-state index contributed by atoms with van der Waals surface area (Å²) in [6.07, 6.45) is -78.1. The van der Waals surface area contributed by atoms with Gasteiger partial charge in [0.25, 0.3) is 0 Å². The molecule has 0 aliphatic carbocycles. The van der Waals surface area contributed by atoms with Crippen LogP contribution in [0.2, 0.25) is 0 Å². The van der Waals surface area contributed by atoms with Crippen LogP contribution in [0.3, 0.4) is 0 Å². The predicted molar refractivity (Wildman–Crippen MR) is 451 cm³/mol. The molecule has 59 heteroatoms. The van der Waals surface area contributed by atoms with E-state index >= 15 is 0 Å². The normalized spacial score (nSPS) is 32.8. The van der Waals surface area contributed by atoms with Crippen LogP contribution >= 0.6 is 0 Å². The lowest BCUT2D eigenvalue weighted by atomic mass is 9.94. The van der Waals surface area contributed by atoms with Gasteiger partial charge >= 0.3 is 137 Å². The van der Waals surface area contributed by atoms with Crippen LogP contribution in [0.1, 0.15) is 159 Å². The summed E-state index contributed by atoms with van der Waals surface area (Å²) in [4.78, 5) is 307. The summed E-state index contributed by atoms with van der Waals surface area (Å²) in [5.74, 6) is -27.4. The van der Waals surface area contributed by atoms with E-state index < -0.39 is 398 Å². The molecule has 824 valence electrons. The molecule has 0 aromatic rings. The van der Waals surface area contributed by atoms with E-state index in [1.54, 1.807) is 0 Å². The quantitative estimate of drug-likeness (QED) is 0.0430. The highest BCUT2D eigenvalue weighted by molar-refractivity contribution is 5.74. The number of esters is 23. The minimum atomic E-state index is -2.59. The molecular weight excluding hydrogens is 2000 g/mol. The number of carbonyl (C=O) groups excluding carboxylic acids is 23. The van der Waals surface area contributed by atoms with Crippen molar-refractivity contribution in [2.45, 2.75) is 374 Å². The summed E-state index contributed by atoms with van der Waals surface area (Å²) >= 11 is 0. The first-order valence-corrected chi connectivity index (χ1v) is 45.0. The van der Waals surface area contributed by atoms with Crippen molar-refractivity contribution < 1.29 is 281 Å². The third-order valence-corrected chi connectivity index (χ3v) is 20.8. The maximum atomic E-state index is 14.3. The van der Waals surface area contributed by atoms with Crippen LogP contribution in [0.15, 0.2) is 0 Å². The van der Waals surface area contributed by atoms with E-state index in [9.17, 15) is 110 Å². The molecule has 0 saturated carbocycles. The van der Waals surface area contributed by atoms with Crippen molar-refractivity contribution in [1.29, 1.82) is 0 Å². The SMILES string of the molecule is CC(=O)OCC1OC(OC(C)=O)C(OC(C)=O)[C@@H](OC(C)=O)[C@H]1O[C@@H]1OC(CO[C@@H]2OC(COC(C)=O)[C@H](O[C@@H]3OC(COC(C)=O)[C@H](O[C@@H]4OC(COC(C)=O)[C@H](OC(C)=O)[C@H](OC(C)=O)C4OC(C)=O)[C@H](OC(C)=O)C3OC(C)=O)[C@H](OC(C)=O)C2OC(C)=O)[C@H](O[C@@H]2OC(COC(C)=O)[C@H](O[C@@H]3OC(COC(C)=O)[C@H](OC(C)=O)[C@H](OC(C)=O)C3OC(C)=O)[C@H](OC(C)=O)C2OC(C)=O)[C@H](OC(C)=O)C1OC(C)=O. The van der Waals surface area contributed by atoms with E-state index in [2.05, 4.69) is 0 Å². The number of rotatable bonds is 42. The average Bonchev–Trinajstić information content (AvgIpc) is 0.753. The molecular formula is C88H118O59. The standard InChI is InChI=1S/C88H118O59/c1-31(89)112-24-54-61(119-37(7)95)68(121-39(9)97)77(130-48(18)106)84(138-54)145-65-58(28-116-35(5)93)140-86(79(132-50(20)108)72(65)125-43(13)101)143-63-56(26-114-33(3)91)136-82(75(128-46(16)104)70(63)123-41(11)99)118-30-60-67(74(127-45(15)103)81(134-52(22)110)88(142-60)144-64-57(27-115-34(4)92)137-83(135-53(23)111)76(129-47(17)105)71(64)124-42(12)100)147-87-80(133-51(21)109)73(126-44(14)102)66(59(141-87)29-117-36(6)94)146-85-78(131-49(19)107)69(122-40(10)98)62(120-38(8)96)55(139-85)25-113-32(2)90/h54-88H,24-30H2,1-23H3/t54?,55?,56?,57?,58?,59?,60?,61-,62-,63-,64-,65-,66-,67-,68-,69-,70-,71-,72-,73-,74-,75?,76?,77?,78?,79?,80?,81?,82+,83?,84-,85-,86-,87-,88-/m0/s1. The van der Waals surface area contributed by atoms with E-state index in [0.29, 0.717) is 0 Å². The summed E-state index contributed by atoms with van der Waals surface area (Å²) in [6, 6.07) is 0. The minimum absolute atomic E-state index is 0.747. The summed E-state index contributed by atoms with van der Waals surface area (Å²) in [6.45, 7) is 11.9. The fraction of sp³-hybridized carbons (Fsp3) is 0.739. The van der Waals surface area contributed by atoms with Gasteiger partial charge in [0.05, 0.1) is 6.61 Å². The van der Waals surface area contributed by atoms with Crippen molar-refractivity contribution in [2.75, 3.05) is 46.2 Å². The van der Waals surface area contributed by atoms with Gasteiger partial charge in [0.15, 0.2) is 129 Å². The van der Waals surface area contributed by atoms with Crippen molar-refractivity contribution in [3.63, 3.8) is 0 Å². The van der Waals surface area contributed by atoms with Crippen molar-refractivity contribution in [1.82, 2.24) is 0 Å². The largest absolute Gasteiger partial charge is 0.463 e. The summed E-state index contributed by atoms with van der Waals surface area (Å²) < 4.78 is 215. The second-order valence-electron chi connectivity index (χ2n) is 33.2. The average molecular weight is 2120 g/mol. The molecule has 7 fully saturated rings. The van der Waals surface area contributed by atoms with Crippen LogP contribution in [0.5, 0.6) is 0 Å². The third-order valence-electron chi connectivity index (χ3n) is 20.8. The van der Waals surface area contributed by atoms with E-state index in [-0.39, 0.29) is 0 Å². The monoisotopic (exact) mass is 2120 g/mol. The number of hydrogen-bond donors (Lipinski definition) is 0. The van der Waals surface area contributed by atoms with Gasteiger partial charge in [-0.1, -0.05) is 0 Å². The van der Waals surface area contributed by atoms with E-state index in [1.165, 1.54) is 0 Å². The molecule has 147 heavy (non-hydrogen) atoms. The fourth-order valence-corrected chi connectivity index (χ4v) is 16.2. The minimum Gasteiger partial charge on any atom is -0.463 e. The van der Waals surface area contributed by atoms with Gasteiger partial charge in [-0.3, -0.25) is 110 Å². The van der Waals surface area contributed by atoms with Gasteiger partial charge in [-0.15, -0.1) is 0 Å².